The number of hydrogen-bond acceptors (Lipinski definition) is 8. The number of carbonyl (C=O) groups is 3. The van der Waals surface area contributed by atoms with Crippen molar-refractivity contribution in [3.05, 3.63) is 0 Å². The van der Waals surface area contributed by atoms with Gasteiger partial charge in [-0.3, -0.25) is 9.59 Å². The molecule has 0 aromatic carbocycles. The molecule has 0 aliphatic carbocycles. The molecule has 0 amide bonds. The molecule has 0 heterocycles. The highest BCUT2D eigenvalue weighted by atomic mass is 16.4. The lowest BCUT2D eigenvalue weighted by Crippen LogP contribution is -2.52. The molecular weight excluding hydrogens is 258 g/mol. The van der Waals surface area contributed by atoms with Crippen molar-refractivity contribution in [2.75, 3.05) is 6.61 Å². The van der Waals surface area contributed by atoms with Gasteiger partial charge in [0.1, 0.15) is 30.1 Å². The molecule has 0 aliphatic heterocycles. The molecule has 0 aromatic rings. The van der Waals surface area contributed by atoms with Gasteiger partial charge in [-0.25, -0.2) is 0 Å². The van der Waals surface area contributed by atoms with Crippen LogP contribution in [-0.4, -0.2) is 68.7 Å². The quantitative estimate of drug-likeness (QED) is 0.277. The first-order valence-electron chi connectivity index (χ1n) is 5.69. The van der Waals surface area contributed by atoms with E-state index in [1.165, 1.54) is 6.92 Å². The minimum Gasteiger partial charge on any atom is -0.394 e. The average molecular weight is 277 g/mol. The maximum absolute atomic E-state index is 11.5. The second-order valence-corrected chi connectivity index (χ2v) is 4.23. The average Bonchev–Trinajstić information content (AvgIpc) is 2.40. The van der Waals surface area contributed by atoms with Gasteiger partial charge in [0.25, 0.3) is 0 Å². The first-order chi connectivity index (χ1) is 8.72. The van der Waals surface area contributed by atoms with E-state index in [0.29, 0.717) is 0 Å². The summed E-state index contributed by atoms with van der Waals surface area (Å²) in [6, 6.07) is -1.82. The summed E-state index contributed by atoms with van der Waals surface area (Å²) in [6.07, 6.45) is -5.57. The molecule has 19 heavy (non-hydrogen) atoms. The standard InChI is InChI=1S/C11H19NO7/c1-5(14)2-3-6(15)9(17)8(12)11(19)10(18)7(16)4-13/h6-8,10,13,15-16,18H,2-4,12H2,1H3/t6?,7-,8+,10-/m1/s1. The third kappa shape index (κ3) is 5.53. The van der Waals surface area contributed by atoms with E-state index < -0.39 is 42.5 Å². The van der Waals surface area contributed by atoms with Crippen molar-refractivity contribution in [3.63, 3.8) is 0 Å². The Kier molecular flexibility index (Phi) is 7.57. The second kappa shape index (κ2) is 8.08. The van der Waals surface area contributed by atoms with Gasteiger partial charge in [-0.05, 0) is 13.3 Å². The Balaban J connectivity index is 4.54. The number of carbonyl (C=O) groups excluding carboxylic acids is 3. The van der Waals surface area contributed by atoms with Gasteiger partial charge < -0.3 is 31.0 Å². The van der Waals surface area contributed by atoms with Crippen LogP contribution in [0.2, 0.25) is 0 Å². The van der Waals surface area contributed by atoms with Crippen LogP contribution in [0.1, 0.15) is 19.8 Å². The van der Waals surface area contributed by atoms with Crippen molar-refractivity contribution in [2.24, 2.45) is 5.73 Å². The summed E-state index contributed by atoms with van der Waals surface area (Å²) in [4.78, 5) is 33.7. The first kappa shape index (κ1) is 17.8. The molecule has 8 nitrogen and oxygen atoms in total. The lowest BCUT2D eigenvalue weighted by atomic mass is 9.96. The molecule has 0 aliphatic rings. The van der Waals surface area contributed by atoms with Crippen LogP contribution in [0.25, 0.3) is 0 Å². The Morgan fingerprint density at radius 1 is 1.11 bits per heavy atom. The monoisotopic (exact) mass is 277 g/mol. The summed E-state index contributed by atoms with van der Waals surface area (Å²) < 4.78 is 0. The topological polar surface area (TPSA) is 158 Å². The Bertz CT molecular complexity index is 344. The van der Waals surface area contributed by atoms with Crippen molar-refractivity contribution < 1.29 is 34.8 Å². The summed E-state index contributed by atoms with van der Waals surface area (Å²) in [7, 11) is 0. The molecule has 0 bridgehead atoms. The van der Waals surface area contributed by atoms with Gasteiger partial charge in [0.15, 0.2) is 11.6 Å². The van der Waals surface area contributed by atoms with Crippen LogP contribution in [0, 0.1) is 0 Å². The van der Waals surface area contributed by atoms with Crippen LogP contribution in [0.15, 0.2) is 0 Å². The van der Waals surface area contributed by atoms with Gasteiger partial charge in [-0.1, -0.05) is 0 Å². The molecule has 8 heteroatoms. The Labute approximate surface area is 109 Å². The van der Waals surface area contributed by atoms with E-state index in [4.69, 9.17) is 15.9 Å². The minimum absolute atomic E-state index is 0.0460. The number of rotatable bonds is 9. The Morgan fingerprint density at radius 3 is 2.05 bits per heavy atom. The molecule has 0 aromatic heterocycles. The van der Waals surface area contributed by atoms with Crippen LogP contribution in [0.4, 0.5) is 0 Å². The highest BCUT2D eigenvalue weighted by Gasteiger charge is 2.34. The third-order valence-electron chi connectivity index (χ3n) is 2.55. The summed E-state index contributed by atoms with van der Waals surface area (Å²) in [6.45, 7) is 0.407. The highest BCUT2D eigenvalue weighted by molar-refractivity contribution is 6.09. The fourth-order valence-corrected chi connectivity index (χ4v) is 1.30. The highest BCUT2D eigenvalue weighted by Crippen LogP contribution is 2.05. The van der Waals surface area contributed by atoms with Crippen LogP contribution < -0.4 is 5.73 Å². The molecule has 6 N–H and O–H groups in total. The van der Waals surface area contributed by atoms with Crippen molar-refractivity contribution in [3.8, 4) is 0 Å². The van der Waals surface area contributed by atoms with Gasteiger partial charge >= 0.3 is 0 Å². The number of hydrogen-bond donors (Lipinski definition) is 5. The minimum atomic E-state index is -2.01. The van der Waals surface area contributed by atoms with Crippen molar-refractivity contribution in [1.82, 2.24) is 0 Å². The zero-order valence-corrected chi connectivity index (χ0v) is 10.5. The van der Waals surface area contributed by atoms with E-state index in [9.17, 15) is 24.6 Å². The fourth-order valence-electron chi connectivity index (χ4n) is 1.30. The summed E-state index contributed by atoms with van der Waals surface area (Å²) in [5, 5.41) is 36.3. The van der Waals surface area contributed by atoms with Gasteiger partial charge in [-0.2, -0.15) is 0 Å². The molecule has 0 saturated heterocycles. The number of nitrogens with two attached hydrogens (primary N) is 1. The first-order valence-corrected chi connectivity index (χ1v) is 5.69. The molecule has 0 spiro atoms. The summed E-state index contributed by atoms with van der Waals surface area (Å²) in [5.74, 6) is -2.48. The number of aliphatic hydroxyl groups is 4. The van der Waals surface area contributed by atoms with Crippen LogP contribution >= 0.6 is 0 Å². The molecule has 0 saturated carbocycles. The van der Waals surface area contributed by atoms with Gasteiger partial charge in [0.05, 0.1) is 6.61 Å². The summed E-state index contributed by atoms with van der Waals surface area (Å²) in [5.41, 5.74) is 5.26. The third-order valence-corrected chi connectivity index (χ3v) is 2.55. The second-order valence-electron chi connectivity index (χ2n) is 4.23. The van der Waals surface area contributed by atoms with E-state index in [1.807, 2.05) is 0 Å². The molecule has 110 valence electrons. The van der Waals surface area contributed by atoms with Crippen LogP contribution in [0.5, 0.6) is 0 Å². The van der Waals surface area contributed by atoms with Crippen molar-refractivity contribution in [1.29, 1.82) is 0 Å². The summed E-state index contributed by atoms with van der Waals surface area (Å²) >= 11 is 0. The molecule has 1 unspecified atom stereocenters. The SMILES string of the molecule is CC(=O)CCC(O)C(=O)[C@H](N)C(=O)[C@H](O)[C@H](O)CO. The van der Waals surface area contributed by atoms with Crippen LogP contribution in [-0.2, 0) is 14.4 Å². The van der Waals surface area contributed by atoms with Gasteiger partial charge in [0.2, 0.25) is 0 Å². The zero-order valence-electron chi connectivity index (χ0n) is 10.5. The molecule has 0 rings (SSSR count). The van der Waals surface area contributed by atoms with Gasteiger partial charge in [0, 0.05) is 6.42 Å². The maximum Gasteiger partial charge on any atom is 0.188 e. The number of Topliss-reactive ketones (excluding diaryl/α,β-unsaturated/α-hetero) is 3. The molecule has 4 atom stereocenters. The molecule has 0 radical (unpaired) electrons. The normalized spacial score (nSPS) is 17.4. The fraction of sp³-hybridized carbons (Fsp3) is 0.727. The Hall–Kier alpha value is -1.19. The van der Waals surface area contributed by atoms with Crippen LogP contribution in [0.3, 0.4) is 0 Å². The van der Waals surface area contributed by atoms with Gasteiger partial charge in [-0.15, -0.1) is 0 Å². The lowest BCUT2D eigenvalue weighted by molar-refractivity contribution is -0.142. The van der Waals surface area contributed by atoms with E-state index in [0.717, 1.165) is 0 Å². The predicted molar refractivity (Wildman–Crippen MR) is 63.0 cm³/mol. The maximum atomic E-state index is 11.5. The number of aliphatic hydroxyl groups excluding tert-OH is 4. The predicted octanol–water partition coefficient (Wildman–Crippen LogP) is -3.10. The molecule has 0 fully saturated rings. The number of ketones is 3. The van der Waals surface area contributed by atoms with E-state index >= 15 is 0 Å². The Morgan fingerprint density at radius 2 is 1.63 bits per heavy atom. The smallest absolute Gasteiger partial charge is 0.188 e. The molecular formula is C11H19NO7. The van der Waals surface area contributed by atoms with Crippen molar-refractivity contribution >= 4 is 17.3 Å². The van der Waals surface area contributed by atoms with E-state index in [2.05, 4.69) is 0 Å². The van der Waals surface area contributed by atoms with E-state index in [-0.39, 0.29) is 18.6 Å². The van der Waals surface area contributed by atoms with Crippen molar-refractivity contribution in [2.45, 2.75) is 44.1 Å². The lowest BCUT2D eigenvalue weighted by Gasteiger charge is -2.19. The zero-order chi connectivity index (χ0) is 15.2. The van der Waals surface area contributed by atoms with E-state index in [1.54, 1.807) is 0 Å². The largest absolute Gasteiger partial charge is 0.394 e.